The average molecular weight is 257 g/mol. The van der Waals surface area contributed by atoms with E-state index < -0.39 is 0 Å². The molecular formula is C16H23N3. The maximum Gasteiger partial charge on any atom is 0.0726 e. The summed E-state index contributed by atoms with van der Waals surface area (Å²) in [6, 6.07) is 10.5. The van der Waals surface area contributed by atoms with Crippen LogP contribution in [0.25, 0.3) is 10.9 Å². The number of nitrogens with one attached hydrogen (secondary N) is 1. The number of hydrogen-bond acceptors (Lipinski definition) is 3. The van der Waals surface area contributed by atoms with E-state index in [9.17, 15) is 0 Å². The van der Waals surface area contributed by atoms with Gasteiger partial charge in [0.2, 0.25) is 0 Å². The van der Waals surface area contributed by atoms with Crippen LogP contribution in [-0.4, -0.2) is 32.2 Å². The summed E-state index contributed by atoms with van der Waals surface area (Å²) in [7, 11) is 4.16. The molecule has 3 heteroatoms. The lowest BCUT2D eigenvalue weighted by Gasteiger charge is -2.25. The van der Waals surface area contributed by atoms with E-state index in [1.165, 1.54) is 11.1 Å². The fourth-order valence-electron chi connectivity index (χ4n) is 2.58. The number of nitrogens with zero attached hydrogens (tertiary/aromatic N) is 2. The molecule has 0 saturated carbocycles. The first-order valence-electron chi connectivity index (χ1n) is 6.84. The zero-order valence-electron chi connectivity index (χ0n) is 12.3. The molecule has 0 radical (unpaired) electrons. The Balaban J connectivity index is 2.33. The average Bonchev–Trinajstić information content (AvgIpc) is 2.37. The van der Waals surface area contributed by atoms with Gasteiger partial charge in [-0.3, -0.25) is 4.98 Å². The van der Waals surface area contributed by atoms with Gasteiger partial charge < -0.3 is 10.2 Å². The second-order valence-electron chi connectivity index (χ2n) is 5.34. The Bertz CT molecular complexity index is 551. The molecule has 0 aliphatic carbocycles. The van der Waals surface area contributed by atoms with Crippen LogP contribution >= 0.6 is 0 Å². The van der Waals surface area contributed by atoms with Gasteiger partial charge in [0.15, 0.2) is 0 Å². The second kappa shape index (κ2) is 6.02. The van der Waals surface area contributed by atoms with Crippen molar-refractivity contribution in [3.63, 3.8) is 0 Å². The van der Waals surface area contributed by atoms with Gasteiger partial charge in [-0.05, 0) is 38.6 Å². The summed E-state index contributed by atoms with van der Waals surface area (Å²) in [4.78, 5) is 6.93. The predicted octanol–water partition coefficient (Wildman–Crippen LogP) is 2.83. The van der Waals surface area contributed by atoms with Gasteiger partial charge >= 0.3 is 0 Å². The molecule has 0 bridgehead atoms. The normalized spacial score (nSPS) is 12.6. The number of aryl methyl sites for hydroxylation is 1. The Morgan fingerprint density at radius 1 is 1.32 bits per heavy atom. The van der Waals surface area contributed by atoms with Crippen molar-refractivity contribution in [2.24, 2.45) is 5.92 Å². The van der Waals surface area contributed by atoms with E-state index in [0.717, 1.165) is 24.3 Å². The van der Waals surface area contributed by atoms with Gasteiger partial charge in [-0.2, -0.15) is 0 Å². The van der Waals surface area contributed by atoms with Crippen molar-refractivity contribution in [2.75, 3.05) is 32.1 Å². The monoisotopic (exact) mass is 257 g/mol. The number of rotatable bonds is 5. The lowest BCUT2D eigenvalue weighted by Crippen LogP contribution is -2.29. The van der Waals surface area contributed by atoms with Crippen LogP contribution in [0.15, 0.2) is 30.3 Å². The molecule has 1 aromatic heterocycles. The Kier molecular flexibility index (Phi) is 4.38. The van der Waals surface area contributed by atoms with E-state index in [4.69, 9.17) is 0 Å². The molecule has 2 aromatic rings. The molecule has 1 N–H and O–H groups in total. The van der Waals surface area contributed by atoms with Crippen LogP contribution in [0.2, 0.25) is 0 Å². The Labute approximate surface area is 115 Å². The highest BCUT2D eigenvalue weighted by molar-refractivity contribution is 5.91. The van der Waals surface area contributed by atoms with E-state index in [1.807, 2.05) is 13.1 Å². The van der Waals surface area contributed by atoms with E-state index >= 15 is 0 Å². The molecule has 0 fully saturated rings. The summed E-state index contributed by atoms with van der Waals surface area (Å²) in [6.45, 7) is 6.39. The number of aromatic nitrogens is 1. The van der Waals surface area contributed by atoms with Gasteiger partial charge in [0.05, 0.1) is 5.52 Å². The molecule has 102 valence electrons. The molecule has 1 aromatic carbocycles. The van der Waals surface area contributed by atoms with E-state index in [2.05, 4.69) is 60.4 Å². The number of benzene rings is 1. The second-order valence-corrected chi connectivity index (χ2v) is 5.34. The largest absolute Gasteiger partial charge is 0.374 e. The zero-order valence-corrected chi connectivity index (χ0v) is 12.3. The van der Waals surface area contributed by atoms with Crippen LogP contribution < -0.4 is 10.2 Å². The van der Waals surface area contributed by atoms with Crippen LogP contribution in [0.1, 0.15) is 12.6 Å². The molecular weight excluding hydrogens is 234 g/mol. The van der Waals surface area contributed by atoms with Gasteiger partial charge in [-0.25, -0.2) is 0 Å². The van der Waals surface area contributed by atoms with Crippen LogP contribution in [0.3, 0.4) is 0 Å². The number of anilines is 1. The summed E-state index contributed by atoms with van der Waals surface area (Å²) in [5.41, 5.74) is 3.42. The molecule has 0 saturated heterocycles. The maximum atomic E-state index is 4.60. The van der Waals surface area contributed by atoms with Gasteiger partial charge in [0.25, 0.3) is 0 Å². The summed E-state index contributed by atoms with van der Waals surface area (Å²) in [5, 5.41) is 4.46. The predicted molar refractivity (Wildman–Crippen MR) is 82.8 cm³/mol. The third-order valence-electron chi connectivity index (χ3n) is 3.37. The Hall–Kier alpha value is -1.61. The molecule has 1 unspecified atom stereocenters. The lowest BCUT2D eigenvalue weighted by molar-refractivity contribution is 0.543. The summed E-state index contributed by atoms with van der Waals surface area (Å²) in [6.07, 6.45) is 0. The molecule has 3 nitrogen and oxygen atoms in total. The third kappa shape index (κ3) is 3.24. The van der Waals surface area contributed by atoms with Crippen LogP contribution in [0.4, 0.5) is 5.69 Å². The molecule has 1 atom stereocenters. The Morgan fingerprint density at radius 2 is 2.05 bits per heavy atom. The first kappa shape index (κ1) is 13.8. The smallest absolute Gasteiger partial charge is 0.0726 e. The van der Waals surface area contributed by atoms with Crippen LogP contribution in [0.5, 0.6) is 0 Å². The molecule has 0 aliphatic heterocycles. The minimum absolute atomic E-state index is 0.613. The van der Waals surface area contributed by atoms with Gasteiger partial charge in [0.1, 0.15) is 0 Å². The van der Waals surface area contributed by atoms with Gasteiger partial charge in [-0.15, -0.1) is 0 Å². The number of fused-ring (bicyclic) bond motifs is 1. The standard InChI is InChI=1S/C16H23N3/c1-12(10-17-3)11-19(4)16-9-13(2)18-15-8-6-5-7-14(15)16/h5-9,12,17H,10-11H2,1-4H3. The number of hydrogen-bond donors (Lipinski definition) is 1. The van der Waals surface area contributed by atoms with Gasteiger partial charge in [-0.1, -0.05) is 25.1 Å². The summed E-state index contributed by atoms with van der Waals surface area (Å²) < 4.78 is 0. The topological polar surface area (TPSA) is 28.2 Å². The fraction of sp³-hybridized carbons (Fsp3) is 0.438. The highest BCUT2D eigenvalue weighted by Gasteiger charge is 2.10. The molecule has 0 amide bonds. The number of para-hydroxylation sites is 1. The summed E-state index contributed by atoms with van der Waals surface area (Å²) >= 11 is 0. The first-order valence-corrected chi connectivity index (χ1v) is 6.84. The van der Waals surface area contributed by atoms with Crippen LogP contribution in [0, 0.1) is 12.8 Å². The first-order chi connectivity index (χ1) is 9.11. The maximum absolute atomic E-state index is 4.60. The number of pyridine rings is 1. The SMILES string of the molecule is CNCC(C)CN(C)c1cc(C)nc2ccccc12. The van der Waals surface area contributed by atoms with Crippen molar-refractivity contribution in [1.29, 1.82) is 0 Å². The van der Waals surface area contributed by atoms with Crippen molar-refractivity contribution in [3.05, 3.63) is 36.0 Å². The molecule has 0 aliphatic rings. The Morgan fingerprint density at radius 3 is 2.79 bits per heavy atom. The molecule has 0 spiro atoms. The fourth-order valence-corrected chi connectivity index (χ4v) is 2.58. The van der Waals surface area contributed by atoms with Gasteiger partial charge in [0, 0.05) is 30.4 Å². The lowest BCUT2D eigenvalue weighted by atomic mass is 10.1. The van der Waals surface area contributed by atoms with E-state index in [-0.39, 0.29) is 0 Å². The third-order valence-corrected chi connectivity index (χ3v) is 3.37. The van der Waals surface area contributed by atoms with E-state index in [0.29, 0.717) is 5.92 Å². The summed E-state index contributed by atoms with van der Waals surface area (Å²) in [5.74, 6) is 0.613. The highest BCUT2D eigenvalue weighted by atomic mass is 15.1. The quantitative estimate of drug-likeness (QED) is 0.892. The minimum Gasteiger partial charge on any atom is -0.374 e. The van der Waals surface area contributed by atoms with E-state index in [1.54, 1.807) is 0 Å². The molecule has 19 heavy (non-hydrogen) atoms. The molecule has 2 rings (SSSR count). The highest BCUT2D eigenvalue weighted by Crippen LogP contribution is 2.26. The van der Waals surface area contributed by atoms with Crippen LogP contribution in [-0.2, 0) is 0 Å². The van der Waals surface area contributed by atoms with Crippen molar-refractivity contribution in [2.45, 2.75) is 13.8 Å². The minimum atomic E-state index is 0.613. The zero-order chi connectivity index (χ0) is 13.8. The van der Waals surface area contributed by atoms with Crippen molar-refractivity contribution in [1.82, 2.24) is 10.3 Å². The van der Waals surface area contributed by atoms with Crippen molar-refractivity contribution < 1.29 is 0 Å². The van der Waals surface area contributed by atoms with Crippen molar-refractivity contribution in [3.8, 4) is 0 Å². The molecule has 1 heterocycles. The van der Waals surface area contributed by atoms with Crippen molar-refractivity contribution >= 4 is 16.6 Å².